The minimum Gasteiger partial charge on any atom is -0.399 e. The van der Waals surface area contributed by atoms with Crippen molar-refractivity contribution < 1.29 is 17.5 Å². The van der Waals surface area contributed by atoms with E-state index >= 15 is 0 Å². The summed E-state index contributed by atoms with van der Waals surface area (Å²) < 4.78 is 43.8. The first-order valence-electron chi connectivity index (χ1n) is 5.01. The third-order valence-corrected chi connectivity index (χ3v) is 3.56. The molecular weight excluding hydrogens is 247 g/mol. The lowest BCUT2D eigenvalue weighted by atomic mass is 10.3. The monoisotopic (exact) mass is 262 g/mol. The molecule has 3 N–H and O–H groups in total. The molecule has 0 saturated heterocycles. The largest absolute Gasteiger partial charge is 0.399 e. The fraction of sp³-hybridized carbons (Fsp3) is 0.400. The van der Waals surface area contributed by atoms with Gasteiger partial charge in [-0.25, -0.2) is 17.5 Å². The van der Waals surface area contributed by atoms with Crippen LogP contribution in [-0.4, -0.2) is 28.7 Å². The second-order valence-corrected chi connectivity index (χ2v) is 5.17. The van der Waals surface area contributed by atoms with Crippen LogP contribution in [0.1, 0.15) is 6.42 Å². The summed E-state index contributed by atoms with van der Waals surface area (Å²) in [6.45, 7) is 0.632. The van der Waals surface area contributed by atoms with Crippen LogP contribution in [0, 0.1) is 5.82 Å². The topological polar surface area (TPSA) is 81.4 Å². The van der Waals surface area contributed by atoms with Gasteiger partial charge in [0, 0.05) is 25.9 Å². The van der Waals surface area contributed by atoms with E-state index in [2.05, 4.69) is 4.72 Å². The molecule has 0 aliphatic carbocycles. The number of methoxy groups -OCH3 is 1. The Labute approximate surface area is 99.8 Å². The van der Waals surface area contributed by atoms with E-state index in [1.807, 2.05) is 0 Å². The third kappa shape index (κ3) is 3.95. The highest BCUT2D eigenvalue weighted by molar-refractivity contribution is 7.89. The fourth-order valence-electron chi connectivity index (χ4n) is 1.24. The molecule has 0 aliphatic rings. The van der Waals surface area contributed by atoms with E-state index in [4.69, 9.17) is 10.5 Å². The molecule has 1 aromatic rings. The number of nitrogen functional groups attached to an aromatic ring is 1. The van der Waals surface area contributed by atoms with Crippen LogP contribution in [0.15, 0.2) is 23.1 Å². The van der Waals surface area contributed by atoms with Gasteiger partial charge in [-0.05, 0) is 24.6 Å². The van der Waals surface area contributed by atoms with Gasteiger partial charge in [0.1, 0.15) is 10.7 Å². The highest BCUT2D eigenvalue weighted by Gasteiger charge is 2.18. The zero-order valence-corrected chi connectivity index (χ0v) is 10.3. The average Bonchev–Trinajstić information content (AvgIpc) is 2.24. The van der Waals surface area contributed by atoms with Crippen molar-refractivity contribution in [3.63, 3.8) is 0 Å². The van der Waals surface area contributed by atoms with Crippen LogP contribution in [0.25, 0.3) is 0 Å². The van der Waals surface area contributed by atoms with Crippen molar-refractivity contribution in [2.45, 2.75) is 11.3 Å². The van der Waals surface area contributed by atoms with Crippen LogP contribution < -0.4 is 10.5 Å². The first-order chi connectivity index (χ1) is 7.97. The van der Waals surface area contributed by atoms with Gasteiger partial charge < -0.3 is 10.5 Å². The molecule has 0 heterocycles. The maximum Gasteiger partial charge on any atom is 0.243 e. The van der Waals surface area contributed by atoms with Crippen LogP contribution in [-0.2, 0) is 14.8 Å². The summed E-state index contributed by atoms with van der Waals surface area (Å²) in [6, 6.07) is 3.46. The standard InChI is InChI=1S/C10H15FN2O3S/c1-16-6-2-5-13-17(14,15)10-4-3-8(12)7-9(10)11/h3-4,7,13H,2,5-6,12H2,1H3. The summed E-state index contributed by atoms with van der Waals surface area (Å²) in [5.41, 5.74) is 5.52. The van der Waals surface area contributed by atoms with Gasteiger partial charge in [-0.15, -0.1) is 0 Å². The number of nitrogens with one attached hydrogen (secondary N) is 1. The van der Waals surface area contributed by atoms with Crippen molar-refractivity contribution in [2.24, 2.45) is 0 Å². The summed E-state index contributed by atoms with van der Waals surface area (Å²) in [6.07, 6.45) is 0.520. The molecule has 1 aromatic carbocycles. The molecule has 5 nitrogen and oxygen atoms in total. The summed E-state index contributed by atoms with van der Waals surface area (Å²) >= 11 is 0. The van der Waals surface area contributed by atoms with Crippen LogP contribution in [0.3, 0.4) is 0 Å². The van der Waals surface area contributed by atoms with Gasteiger partial charge in [-0.3, -0.25) is 0 Å². The second kappa shape index (κ2) is 5.95. The number of ether oxygens (including phenoxy) is 1. The highest BCUT2D eigenvalue weighted by Crippen LogP contribution is 2.16. The van der Waals surface area contributed by atoms with E-state index in [1.165, 1.54) is 13.2 Å². The Kier molecular flexibility index (Phi) is 4.86. The smallest absolute Gasteiger partial charge is 0.243 e. The van der Waals surface area contributed by atoms with Crippen LogP contribution in [0.4, 0.5) is 10.1 Å². The van der Waals surface area contributed by atoms with E-state index in [1.54, 1.807) is 0 Å². The zero-order valence-electron chi connectivity index (χ0n) is 9.44. The number of rotatable bonds is 6. The Morgan fingerprint density at radius 3 is 2.76 bits per heavy atom. The van der Waals surface area contributed by atoms with Gasteiger partial charge in [0.15, 0.2) is 0 Å². The van der Waals surface area contributed by atoms with Gasteiger partial charge in [0.2, 0.25) is 10.0 Å². The molecule has 0 aromatic heterocycles. The molecule has 0 radical (unpaired) electrons. The number of benzene rings is 1. The Hall–Kier alpha value is -1.18. The molecule has 0 aliphatic heterocycles. The zero-order chi connectivity index (χ0) is 12.9. The van der Waals surface area contributed by atoms with Gasteiger partial charge in [-0.1, -0.05) is 0 Å². The molecule has 1 rings (SSSR count). The number of hydrogen-bond donors (Lipinski definition) is 2. The van der Waals surface area contributed by atoms with E-state index in [-0.39, 0.29) is 12.2 Å². The quantitative estimate of drug-likeness (QED) is 0.584. The normalized spacial score (nSPS) is 11.6. The SMILES string of the molecule is COCCCNS(=O)(=O)c1ccc(N)cc1F. The maximum absolute atomic E-state index is 13.4. The van der Waals surface area contributed by atoms with Crippen molar-refractivity contribution in [3.05, 3.63) is 24.0 Å². The first-order valence-corrected chi connectivity index (χ1v) is 6.49. The molecule has 96 valence electrons. The van der Waals surface area contributed by atoms with Crippen molar-refractivity contribution in [1.29, 1.82) is 0 Å². The summed E-state index contributed by atoms with van der Waals surface area (Å²) in [7, 11) is -2.30. The van der Waals surface area contributed by atoms with Crippen LogP contribution in [0.5, 0.6) is 0 Å². The van der Waals surface area contributed by atoms with Gasteiger partial charge in [-0.2, -0.15) is 0 Å². The molecule has 7 heteroatoms. The molecule has 0 fully saturated rings. The predicted molar refractivity (Wildman–Crippen MR) is 62.5 cm³/mol. The number of nitrogens with two attached hydrogens (primary N) is 1. The maximum atomic E-state index is 13.4. The minimum atomic E-state index is -3.82. The lowest BCUT2D eigenvalue weighted by Crippen LogP contribution is -2.26. The number of hydrogen-bond acceptors (Lipinski definition) is 4. The van der Waals surface area contributed by atoms with E-state index in [9.17, 15) is 12.8 Å². The van der Waals surface area contributed by atoms with Crippen molar-refractivity contribution >= 4 is 15.7 Å². The van der Waals surface area contributed by atoms with Crippen LogP contribution in [0.2, 0.25) is 0 Å². The van der Waals surface area contributed by atoms with Gasteiger partial charge in [0.25, 0.3) is 0 Å². The second-order valence-electron chi connectivity index (χ2n) is 3.43. The van der Waals surface area contributed by atoms with Gasteiger partial charge >= 0.3 is 0 Å². The molecule has 17 heavy (non-hydrogen) atoms. The summed E-state index contributed by atoms with van der Waals surface area (Å²) in [5, 5.41) is 0. The predicted octanol–water partition coefficient (Wildman–Crippen LogP) is 0.723. The Morgan fingerprint density at radius 2 is 2.18 bits per heavy atom. The highest BCUT2D eigenvalue weighted by atomic mass is 32.2. The van der Waals surface area contributed by atoms with E-state index < -0.39 is 20.7 Å². The van der Waals surface area contributed by atoms with Crippen LogP contribution >= 0.6 is 0 Å². The Bertz CT molecular complexity index is 476. The van der Waals surface area contributed by atoms with Crippen molar-refractivity contribution in [2.75, 3.05) is 26.0 Å². The van der Waals surface area contributed by atoms with E-state index in [0.717, 1.165) is 12.1 Å². The molecule has 0 bridgehead atoms. The average molecular weight is 262 g/mol. The molecule has 0 amide bonds. The van der Waals surface area contributed by atoms with Gasteiger partial charge in [0.05, 0.1) is 0 Å². The first kappa shape index (κ1) is 13.9. The summed E-state index contributed by atoms with van der Waals surface area (Å²) in [5.74, 6) is -0.857. The number of anilines is 1. The van der Waals surface area contributed by atoms with Crippen molar-refractivity contribution in [1.82, 2.24) is 4.72 Å². The van der Waals surface area contributed by atoms with Crippen molar-refractivity contribution in [3.8, 4) is 0 Å². The Balaban J connectivity index is 2.76. The molecule has 0 saturated carbocycles. The minimum absolute atomic E-state index is 0.181. The third-order valence-electron chi connectivity index (χ3n) is 2.06. The molecule has 0 atom stereocenters. The lowest BCUT2D eigenvalue weighted by Gasteiger charge is -2.07. The lowest BCUT2D eigenvalue weighted by molar-refractivity contribution is 0.196. The number of sulfonamides is 1. The summed E-state index contributed by atoms with van der Waals surface area (Å²) in [4.78, 5) is -0.399. The molecular formula is C10H15FN2O3S. The fourth-order valence-corrected chi connectivity index (χ4v) is 2.37. The van der Waals surface area contributed by atoms with E-state index in [0.29, 0.717) is 13.0 Å². The Morgan fingerprint density at radius 1 is 1.47 bits per heavy atom. The molecule has 0 spiro atoms. The molecule has 0 unspecified atom stereocenters. The number of halogens is 1.